The van der Waals surface area contributed by atoms with E-state index in [0.717, 1.165) is 22.1 Å². The number of hydrogen-bond donors (Lipinski definition) is 0. The van der Waals surface area contributed by atoms with Gasteiger partial charge in [-0.25, -0.2) is 0 Å². The largest absolute Gasteiger partial charge is 0.495 e. The molecule has 0 amide bonds. The molecule has 0 unspecified atom stereocenters. The summed E-state index contributed by atoms with van der Waals surface area (Å²) in [5.74, 6) is 0. The van der Waals surface area contributed by atoms with E-state index in [1.165, 1.54) is 0 Å². The summed E-state index contributed by atoms with van der Waals surface area (Å²) in [6.45, 7) is 16.6. The first-order chi connectivity index (χ1) is 13.8. The third kappa shape index (κ3) is 3.54. The molecule has 2 heterocycles. The molecule has 2 aromatic rings. The fraction of sp³-hybridized carbons (Fsp3) is 0.500. The van der Waals surface area contributed by atoms with Gasteiger partial charge in [0.15, 0.2) is 0 Å². The van der Waals surface area contributed by atoms with E-state index in [2.05, 4.69) is 85.7 Å². The number of rotatable bonds is 3. The summed E-state index contributed by atoms with van der Waals surface area (Å²) in [4.78, 5) is 0. The topological polar surface area (TPSA) is 36.9 Å². The van der Waals surface area contributed by atoms with E-state index in [1.807, 2.05) is 18.2 Å². The van der Waals surface area contributed by atoms with Crippen LogP contribution in [-0.2, 0) is 18.6 Å². The average Bonchev–Trinajstić information content (AvgIpc) is 3.01. The molecule has 30 heavy (non-hydrogen) atoms. The fourth-order valence-corrected chi connectivity index (χ4v) is 3.74. The molecular formula is C24H32B2O4. The van der Waals surface area contributed by atoms with Gasteiger partial charge in [-0.3, -0.25) is 0 Å². The highest BCUT2D eigenvalue weighted by Gasteiger charge is 2.53. The molecule has 2 fully saturated rings. The van der Waals surface area contributed by atoms with Gasteiger partial charge in [0.05, 0.1) is 22.4 Å². The average molecular weight is 406 g/mol. The Balaban J connectivity index is 1.76. The van der Waals surface area contributed by atoms with Crippen molar-refractivity contribution in [2.45, 2.75) is 77.8 Å². The minimum atomic E-state index is -0.433. The summed E-state index contributed by atoms with van der Waals surface area (Å²) < 4.78 is 25.3. The van der Waals surface area contributed by atoms with E-state index < -0.39 is 25.4 Å². The molecule has 4 rings (SSSR count). The lowest BCUT2D eigenvalue weighted by molar-refractivity contribution is 0.00578. The summed E-state index contributed by atoms with van der Waals surface area (Å²) in [5.41, 5.74) is 2.64. The summed E-state index contributed by atoms with van der Waals surface area (Å²) in [6, 6.07) is 16.6. The molecule has 0 bridgehead atoms. The molecular weight excluding hydrogens is 374 g/mol. The Hall–Kier alpha value is -1.59. The Morgan fingerprint density at radius 1 is 0.567 bits per heavy atom. The van der Waals surface area contributed by atoms with Crippen molar-refractivity contribution in [1.29, 1.82) is 0 Å². The lowest BCUT2D eigenvalue weighted by Crippen LogP contribution is -2.41. The Kier molecular flexibility index (Phi) is 5.02. The van der Waals surface area contributed by atoms with Crippen LogP contribution in [0.2, 0.25) is 0 Å². The van der Waals surface area contributed by atoms with Crippen LogP contribution < -0.4 is 10.9 Å². The van der Waals surface area contributed by atoms with E-state index in [0.29, 0.717) is 0 Å². The molecule has 0 atom stereocenters. The highest BCUT2D eigenvalue weighted by molar-refractivity contribution is 6.65. The third-order valence-electron chi connectivity index (χ3n) is 7.19. The monoisotopic (exact) mass is 406 g/mol. The van der Waals surface area contributed by atoms with Crippen LogP contribution >= 0.6 is 0 Å². The van der Waals surface area contributed by atoms with Crippen LogP contribution in [0, 0.1) is 0 Å². The van der Waals surface area contributed by atoms with Crippen LogP contribution in [0.3, 0.4) is 0 Å². The second kappa shape index (κ2) is 6.96. The zero-order valence-electron chi connectivity index (χ0n) is 19.4. The third-order valence-corrected chi connectivity index (χ3v) is 7.19. The van der Waals surface area contributed by atoms with Gasteiger partial charge in [0.1, 0.15) is 0 Å². The second-order valence-corrected chi connectivity index (χ2v) is 10.4. The van der Waals surface area contributed by atoms with Crippen molar-refractivity contribution in [3.63, 3.8) is 0 Å². The standard InChI is InChI=1S/C24H32B2O4/c1-21(2)22(3,4)28-25(27-21)18-14-15-20(19(16-18)17-12-10-9-11-13-17)26-29-23(5,6)24(7,8)30-26/h9-16H,1-8H3. The molecule has 0 spiro atoms. The number of hydrogen-bond acceptors (Lipinski definition) is 4. The first-order valence-corrected chi connectivity index (χ1v) is 10.7. The number of benzene rings is 2. The summed E-state index contributed by atoms with van der Waals surface area (Å²) >= 11 is 0. The van der Waals surface area contributed by atoms with Gasteiger partial charge < -0.3 is 18.6 Å². The van der Waals surface area contributed by atoms with Gasteiger partial charge in [-0.1, -0.05) is 48.5 Å². The smallest absolute Gasteiger partial charge is 0.399 e. The summed E-state index contributed by atoms with van der Waals surface area (Å²) in [7, 11) is -0.845. The zero-order valence-corrected chi connectivity index (χ0v) is 19.4. The zero-order chi connectivity index (χ0) is 21.9. The normalized spacial score (nSPS) is 23.7. The molecule has 2 aliphatic heterocycles. The van der Waals surface area contributed by atoms with Crippen LogP contribution in [0.5, 0.6) is 0 Å². The molecule has 0 radical (unpaired) electrons. The van der Waals surface area contributed by atoms with Gasteiger partial charge in [0.25, 0.3) is 0 Å². The molecule has 2 aliphatic rings. The van der Waals surface area contributed by atoms with Gasteiger partial charge in [0, 0.05) is 0 Å². The second-order valence-electron chi connectivity index (χ2n) is 10.4. The molecule has 0 saturated carbocycles. The van der Waals surface area contributed by atoms with Gasteiger partial charge in [-0.05, 0) is 77.4 Å². The Morgan fingerprint density at radius 2 is 1.03 bits per heavy atom. The molecule has 2 saturated heterocycles. The van der Waals surface area contributed by atoms with Gasteiger partial charge >= 0.3 is 14.2 Å². The van der Waals surface area contributed by atoms with Gasteiger partial charge in [0.2, 0.25) is 0 Å². The minimum absolute atomic E-state index is 0.380. The van der Waals surface area contributed by atoms with E-state index in [1.54, 1.807) is 0 Å². The lowest BCUT2D eigenvalue weighted by Gasteiger charge is -2.32. The summed E-state index contributed by atoms with van der Waals surface area (Å²) in [5, 5.41) is 0. The quantitative estimate of drug-likeness (QED) is 0.724. The van der Waals surface area contributed by atoms with Crippen molar-refractivity contribution < 1.29 is 18.6 Å². The van der Waals surface area contributed by atoms with E-state index in [-0.39, 0.29) is 11.2 Å². The molecule has 2 aromatic carbocycles. The predicted octanol–water partition coefficient (Wildman–Crippen LogP) is 3.95. The maximum absolute atomic E-state index is 6.36. The predicted molar refractivity (Wildman–Crippen MR) is 123 cm³/mol. The minimum Gasteiger partial charge on any atom is -0.399 e. The highest BCUT2D eigenvalue weighted by Crippen LogP contribution is 2.38. The van der Waals surface area contributed by atoms with Crippen LogP contribution in [0.4, 0.5) is 0 Å². The maximum atomic E-state index is 6.36. The van der Waals surface area contributed by atoms with Crippen LogP contribution in [0.15, 0.2) is 48.5 Å². The SMILES string of the molecule is CC1(C)OB(c2ccc(B3OC(C)(C)C(C)(C)O3)c(-c3ccccc3)c2)OC1(C)C. The molecule has 0 aromatic heterocycles. The first-order valence-electron chi connectivity index (χ1n) is 10.7. The van der Waals surface area contributed by atoms with Crippen molar-refractivity contribution in [3.8, 4) is 11.1 Å². The van der Waals surface area contributed by atoms with Gasteiger partial charge in [-0.2, -0.15) is 0 Å². The molecule has 0 N–H and O–H groups in total. The van der Waals surface area contributed by atoms with Crippen LogP contribution in [0.25, 0.3) is 11.1 Å². The van der Waals surface area contributed by atoms with Crippen molar-refractivity contribution in [2.75, 3.05) is 0 Å². The van der Waals surface area contributed by atoms with E-state index >= 15 is 0 Å². The fourth-order valence-electron chi connectivity index (χ4n) is 3.74. The molecule has 4 nitrogen and oxygen atoms in total. The van der Waals surface area contributed by atoms with Crippen molar-refractivity contribution in [3.05, 3.63) is 48.5 Å². The Morgan fingerprint density at radius 3 is 1.53 bits per heavy atom. The summed E-state index contributed by atoms with van der Waals surface area (Å²) in [6.07, 6.45) is 0. The highest BCUT2D eigenvalue weighted by atomic mass is 16.7. The molecule has 0 aliphatic carbocycles. The van der Waals surface area contributed by atoms with Crippen LogP contribution in [0.1, 0.15) is 55.4 Å². The van der Waals surface area contributed by atoms with Crippen LogP contribution in [-0.4, -0.2) is 36.6 Å². The maximum Gasteiger partial charge on any atom is 0.495 e. The lowest BCUT2D eigenvalue weighted by atomic mass is 9.70. The molecule has 158 valence electrons. The molecule has 6 heteroatoms. The van der Waals surface area contributed by atoms with E-state index in [4.69, 9.17) is 18.6 Å². The Bertz CT molecular complexity index is 905. The first kappa shape index (κ1) is 21.6. The van der Waals surface area contributed by atoms with Crippen molar-refractivity contribution in [1.82, 2.24) is 0 Å². The van der Waals surface area contributed by atoms with E-state index in [9.17, 15) is 0 Å². The van der Waals surface area contributed by atoms with Gasteiger partial charge in [-0.15, -0.1) is 0 Å². The van der Waals surface area contributed by atoms with Crippen molar-refractivity contribution in [2.24, 2.45) is 0 Å². The Labute approximate surface area is 181 Å². The van der Waals surface area contributed by atoms with Crippen molar-refractivity contribution >= 4 is 25.2 Å².